The van der Waals surface area contributed by atoms with Crippen LogP contribution in [-0.2, 0) is 4.79 Å². The lowest BCUT2D eigenvalue weighted by molar-refractivity contribution is -0.140. The second kappa shape index (κ2) is 9.42. The Labute approximate surface area is 198 Å². The summed E-state index contributed by atoms with van der Waals surface area (Å²) in [4.78, 5) is 28.9. The third-order valence-corrected chi connectivity index (χ3v) is 7.16. The molecule has 34 heavy (non-hydrogen) atoms. The van der Waals surface area contributed by atoms with E-state index in [4.69, 9.17) is 4.74 Å². The lowest BCUT2D eigenvalue weighted by atomic mass is 9.84. The van der Waals surface area contributed by atoms with Crippen LogP contribution in [0.25, 0.3) is 11.0 Å². The Balaban J connectivity index is 1.31. The van der Waals surface area contributed by atoms with Crippen LogP contribution in [0, 0.1) is 0 Å². The van der Waals surface area contributed by atoms with Crippen molar-refractivity contribution >= 4 is 22.8 Å². The molecule has 2 aliphatic heterocycles. The quantitative estimate of drug-likeness (QED) is 0.536. The number of carbonyl (C=O) groups is 2. The summed E-state index contributed by atoms with van der Waals surface area (Å²) >= 11 is 0. The number of aromatic amines is 1. The molecule has 2 saturated heterocycles. The number of methoxy groups -OCH3 is 1. The minimum atomic E-state index is -0.904. The summed E-state index contributed by atoms with van der Waals surface area (Å²) in [6, 6.07) is 13.3. The molecule has 0 atom stereocenters. The molecule has 3 aromatic rings. The van der Waals surface area contributed by atoms with Crippen molar-refractivity contribution in [3.8, 4) is 5.75 Å². The number of benzene rings is 2. The molecule has 1 aromatic heterocycles. The van der Waals surface area contributed by atoms with Crippen molar-refractivity contribution in [2.45, 2.75) is 37.1 Å². The van der Waals surface area contributed by atoms with Crippen molar-refractivity contribution < 1.29 is 14.3 Å². The highest BCUT2D eigenvalue weighted by atomic mass is 16.5. The first-order chi connectivity index (χ1) is 16.6. The van der Waals surface area contributed by atoms with Crippen molar-refractivity contribution in [3.63, 3.8) is 0 Å². The summed E-state index contributed by atoms with van der Waals surface area (Å²) in [5, 5.41) is 17.1. The van der Waals surface area contributed by atoms with E-state index in [0.717, 1.165) is 18.6 Å². The fourth-order valence-corrected chi connectivity index (χ4v) is 5.22. The van der Waals surface area contributed by atoms with Crippen LogP contribution < -0.4 is 15.4 Å². The number of nitrogens with one attached hydrogen (secondary N) is 3. The maximum Gasteiger partial charge on any atom is 0.252 e. The number of nitrogens with zero attached hydrogens (tertiary/aromatic N) is 3. The van der Waals surface area contributed by atoms with Crippen molar-refractivity contribution in [1.82, 2.24) is 30.9 Å². The Hall–Kier alpha value is -3.46. The summed E-state index contributed by atoms with van der Waals surface area (Å²) in [6.45, 7) is 2.70. The first-order valence-corrected chi connectivity index (χ1v) is 11.9. The number of aromatic nitrogens is 3. The highest BCUT2D eigenvalue weighted by molar-refractivity contribution is 6.01. The Kier molecular flexibility index (Phi) is 6.19. The van der Waals surface area contributed by atoms with Gasteiger partial charge in [0.25, 0.3) is 5.91 Å². The van der Waals surface area contributed by atoms with E-state index in [-0.39, 0.29) is 11.8 Å². The molecule has 0 aliphatic carbocycles. The first-order valence-electron chi connectivity index (χ1n) is 11.9. The summed E-state index contributed by atoms with van der Waals surface area (Å²) in [5.41, 5.74) is 2.09. The molecule has 0 saturated carbocycles. The second-order valence-corrected chi connectivity index (χ2v) is 9.12. The van der Waals surface area contributed by atoms with Crippen LogP contribution in [0.3, 0.4) is 0 Å². The molecular weight excluding hydrogens is 432 g/mol. The normalized spacial score (nSPS) is 18.6. The zero-order valence-electron chi connectivity index (χ0n) is 19.3. The Morgan fingerprint density at radius 3 is 2.56 bits per heavy atom. The van der Waals surface area contributed by atoms with Gasteiger partial charge in [0.2, 0.25) is 5.91 Å². The predicted octanol–water partition coefficient (Wildman–Crippen LogP) is 2.22. The third kappa shape index (κ3) is 4.23. The molecule has 9 nitrogen and oxygen atoms in total. The maximum absolute atomic E-state index is 13.8. The summed E-state index contributed by atoms with van der Waals surface area (Å²) in [5.74, 6) is 1.01. The van der Waals surface area contributed by atoms with E-state index in [0.29, 0.717) is 61.5 Å². The van der Waals surface area contributed by atoms with Crippen LogP contribution in [0.4, 0.5) is 0 Å². The fraction of sp³-hybridized carbons (Fsp3) is 0.440. The molecule has 2 amide bonds. The lowest BCUT2D eigenvalue weighted by Gasteiger charge is -2.42. The van der Waals surface area contributed by atoms with Gasteiger partial charge in [-0.05, 0) is 74.5 Å². The highest BCUT2D eigenvalue weighted by Crippen LogP contribution is 2.35. The topological polar surface area (TPSA) is 112 Å². The van der Waals surface area contributed by atoms with Gasteiger partial charge in [0, 0.05) is 18.7 Å². The Morgan fingerprint density at radius 1 is 1.06 bits per heavy atom. The van der Waals surface area contributed by atoms with Crippen molar-refractivity contribution in [2.75, 3.05) is 33.3 Å². The van der Waals surface area contributed by atoms with E-state index in [2.05, 4.69) is 32.1 Å². The minimum absolute atomic E-state index is 0.0170. The van der Waals surface area contributed by atoms with Gasteiger partial charge in [-0.1, -0.05) is 18.2 Å². The molecule has 2 fully saturated rings. The molecule has 0 unspecified atom stereocenters. The third-order valence-electron chi connectivity index (χ3n) is 7.16. The zero-order valence-corrected chi connectivity index (χ0v) is 19.3. The smallest absolute Gasteiger partial charge is 0.252 e. The SMILES string of the molecule is COc1ccccc1C1CCN(C(=O)C2(NC(=O)c3ccc4n[nH]nc4c3)CCNCC2)CC1. The molecule has 3 heterocycles. The molecular formula is C25H30N6O3. The molecule has 0 spiro atoms. The zero-order chi connectivity index (χ0) is 23.5. The molecule has 9 heteroatoms. The van der Waals surface area contributed by atoms with E-state index >= 15 is 0 Å². The number of ether oxygens (including phenoxy) is 1. The molecule has 178 valence electrons. The number of carbonyl (C=O) groups excluding carboxylic acids is 2. The average Bonchev–Trinajstić information content (AvgIpc) is 3.37. The number of H-pyrrole nitrogens is 1. The number of likely N-dealkylation sites (tertiary alicyclic amines) is 1. The number of para-hydroxylation sites is 1. The van der Waals surface area contributed by atoms with Crippen molar-refractivity contribution in [1.29, 1.82) is 0 Å². The minimum Gasteiger partial charge on any atom is -0.496 e. The molecule has 0 bridgehead atoms. The van der Waals surface area contributed by atoms with E-state index in [1.54, 1.807) is 25.3 Å². The largest absolute Gasteiger partial charge is 0.496 e. The number of fused-ring (bicyclic) bond motifs is 1. The summed E-state index contributed by atoms with van der Waals surface area (Å²) in [6.07, 6.45) is 2.88. The van der Waals surface area contributed by atoms with E-state index in [9.17, 15) is 9.59 Å². The number of amides is 2. The monoisotopic (exact) mass is 462 g/mol. The molecule has 0 radical (unpaired) electrons. The van der Waals surface area contributed by atoms with Crippen LogP contribution in [0.1, 0.15) is 47.5 Å². The second-order valence-electron chi connectivity index (χ2n) is 9.12. The Morgan fingerprint density at radius 2 is 1.79 bits per heavy atom. The van der Waals surface area contributed by atoms with Crippen molar-refractivity contribution in [2.24, 2.45) is 0 Å². The predicted molar refractivity (Wildman–Crippen MR) is 128 cm³/mol. The van der Waals surface area contributed by atoms with Gasteiger partial charge in [-0.25, -0.2) is 0 Å². The van der Waals surface area contributed by atoms with Gasteiger partial charge in [0.15, 0.2) is 0 Å². The molecule has 5 rings (SSSR count). The van der Waals surface area contributed by atoms with Crippen LogP contribution in [-0.4, -0.2) is 71.0 Å². The van der Waals surface area contributed by atoms with E-state index < -0.39 is 5.54 Å². The first kappa shape index (κ1) is 22.3. The molecule has 3 N–H and O–H groups in total. The summed E-state index contributed by atoms with van der Waals surface area (Å²) in [7, 11) is 1.70. The lowest BCUT2D eigenvalue weighted by Crippen LogP contribution is -2.64. The Bertz CT molecular complexity index is 1180. The standard InChI is InChI=1S/C25H30N6O3/c1-34-22-5-3-2-4-19(22)17-8-14-31(15-9-17)24(33)25(10-12-26-13-11-25)27-23(32)18-6-7-20-21(16-18)29-30-28-20/h2-7,16-17,26H,8-15H2,1H3,(H,27,32)(H,28,29,30). The van der Waals surface area contributed by atoms with E-state index in [1.165, 1.54) is 5.56 Å². The van der Waals surface area contributed by atoms with Gasteiger partial charge in [-0.2, -0.15) is 15.4 Å². The number of hydrogen-bond donors (Lipinski definition) is 3. The summed E-state index contributed by atoms with van der Waals surface area (Å²) < 4.78 is 5.55. The number of hydrogen-bond acceptors (Lipinski definition) is 6. The van der Waals surface area contributed by atoms with Gasteiger partial charge in [-0.15, -0.1) is 0 Å². The van der Waals surface area contributed by atoms with Crippen molar-refractivity contribution in [3.05, 3.63) is 53.6 Å². The fourth-order valence-electron chi connectivity index (χ4n) is 5.22. The molecule has 2 aromatic carbocycles. The van der Waals surface area contributed by atoms with Gasteiger partial charge < -0.3 is 20.3 Å². The highest BCUT2D eigenvalue weighted by Gasteiger charge is 2.44. The van der Waals surface area contributed by atoms with Crippen LogP contribution >= 0.6 is 0 Å². The average molecular weight is 463 g/mol. The maximum atomic E-state index is 13.8. The number of piperidine rings is 2. The van der Waals surface area contributed by atoms with Gasteiger partial charge >= 0.3 is 0 Å². The number of rotatable bonds is 5. The van der Waals surface area contributed by atoms with Crippen LogP contribution in [0.2, 0.25) is 0 Å². The van der Waals surface area contributed by atoms with Crippen LogP contribution in [0.15, 0.2) is 42.5 Å². The van der Waals surface area contributed by atoms with Crippen LogP contribution in [0.5, 0.6) is 5.75 Å². The van der Waals surface area contributed by atoms with Gasteiger partial charge in [-0.3, -0.25) is 9.59 Å². The molecule has 2 aliphatic rings. The van der Waals surface area contributed by atoms with Gasteiger partial charge in [0.05, 0.1) is 7.11 Å². The van der Waals surface area contributed by atoms with E-state index in [1.807, 2.05) is 23.1 Å². The van der Waals surface area contributed by atoms with Gasteiger partial charge in [0.1, 0.15) is 22.3 Å².